The summed E-state index contributed by atoms with van der Waals surface area (Å²) >= 11 is 0. The quantitative estimate of drug-likeness (QED) is 0.697. The van der Waals surface area contributed by atoms with Crippen molar-refractivity contribution in [2.75, 3.05) is 0 Å². The van der Waals surface area contributed by atoms with Crippen molar-refractivity contribution in [3.8, 4) is 0 Å². The molecule has 0 aliphatic carbocycles. The number of hydrogen-bond acceptors (Lipinski definition) is 1. The first-order chi connectivity index (χ1) is 6.72. The van der Waals surface area contributed by atoms with E-state index >= 15 is 0 Å². The average molecular weight is 187 g/mol. The van der Waals surface area contributed by atoms with Crippen LogP contribution in [-0.4, -0.2) is 4.98 Å². The number of pyridine rings is 1. The SMILES string of the molecule is C=Cc1ccc(C(C)CC)nc1C=C. The van der Waals surface area contributed by atoms with Gasteiger partial charge in [0, 0.05) is 5.69 Å². The predicted molar refractivity (Wildman–Crippen MR) is 63.1 cm³/mol. The number of nitrogens with zero attached hydrogens (tertiary/aromatic N) is 1. The molecule has 0 aliphatic heterocycles. The summed E-state index contributed by atoms with van der Waals surface area (Å²) in [6, 6.07) is 4.12. The van der Waals surface area contributed by atoms with Gasteiger partial charge in [0.2, 0.25) is 0 Å². The van der Waals surface area contributed by atoms with Crippen LogP contribution in [0.25, 0.3) is 12.2 Å². The molecule has 1 atom stereocenters. The number of aromatic nitrogens is 1. The minimum Gasteiger partial charge on any atom is -0.253 e. The molecule has 0 bridgehead atoms. The first kappa shape index (κ1) is 10.7. The summed E-state index contributed by atoms with van der Waals surface area (Å²) in [4.78, 5) is 4.54. The summed E-state index contributed by atoms with van der Waals surface area (Å²) in [6.45, 7) is 11.9. The Morgan fingerprint density at radius 2 is 2.07 bits per heavy atom. The van der Waals surface area contributed by atoms with Gasteiger partial charge in [-0.1, -0.05) is 39.1 Å². The first-order valence-electron chi connectivity index (χ1n) is 4.98. The molecule has 1 heterocycles. The van der Waals surface area contributed by atoms with Gasteiger partial charge in [-0.25, -0.2) is 0 Å². The highest BCUT2D eigenvalue weighted by molar-refractivity contribution is 5.60. The molecule has 1 heteroatoms. The third-order valence-electron chi connectivity index (χ3n) is 2.51. The maximum absolute atomic E-state index is 4.54. The van der Waals surface area contributed by atoms with Crippen LogP contribution in [0.2, 0.25) is 0 Å². The second-order valence-electron chi connectivity index (χ2n) is 3.43. The minimum atomic E-state index is 0.507. The lowest BCUT2D eigenvalue weighted by molar-refractivity contribution is 0.707. The second-order valence-corrected chi connectivity index (χ2v) is 3.43. The third kappa shape index (κ3) is 2.11. The summed E-state index contributed by atoms with van der Waals surface area (Å²) in [5.41, 5.74) is 3.11. The van der Waals surface area contributed by atoms with E-state index in [4.69, 9.17) is 0 Å². The van der Waals surface area contributed by atoms with Gasteiger partial charge in [0.05, 0.1) is 5.69 Å². The van der Waals surface area contributed by atoms with Crippen molar-refractivity contribution in [2.45, 2.75) is 26.2 Å². The van der Waals surface area contributed by atoms with Crippen LogP contribution in [0.4, 0.5) is 0 Å². The Morgan fingerprint density at radius 3 is 2.57 bits per heavy atom. The Hall–Kier alpha value is -1.37. The van der Waals surface area contributed by atoms with Gasteiger partial charge >= 0.3 is 0 Å². The maximum atomic E-state index is 4.54. The van der Waals surface area contributed by atoms with Crippen LogP contribution in [0.1, 0.15) is 43.1 Å². The molecule has 0 N–H and O–H groups in total. The van der Waals surface area contributed by atoms with E-state index in [2.05, 4.69) is 44.1 Å². The van der Waals surface area contributed by atoms with Gasteiger partial charge < -0.3 is 0 Å². The number of rotatable bonds is 4. The largest absolute Gasteiger partial charge is 0.253 e. The van der Waals surface area contributed by atoms with Gasteiger partial charge in [0.1, 0.15) is 0 Å². The normalized spacial score (nSPS) is 12.1. The van der Waals surface area contributed by atoms with Gasteiger partial charge in [-0.2, -0.15) is 0 Å². The molecule has 0 fully saturated rings. The fourth-order valence-corrected chi connectivity index (χ4v) is 1.32. The maximum Gasteiger partial charge on any atom is 0.0699 e. The predicted octanol–water partition coefficient (Wildman–Crippen LogP) is 3.88. The van der Waals surface area contributed by atoms with E-state index in [0.29, 0.717) is 5.92 Å². The highest BCUT2D eigenvalue weighted by Crippen LogP contribution is 2.19. The van der Waals surface area contributed by atoms with Gasteiger partial charge in [-0.05, 0) is 30.0 Å². The molecule has 0 amide bonds. The average Bonchev–Trinajstić information content (AvgIpc) is 2.26. The Bertz CT molecular complexity index is 339. The topological polar surface area (TPSA) is 12.9 Å². The second kappa shape index (κ2) is 4.75. The van der Waals surface area contributed by atoms with Crippen LogP contribution in [0.3, 0.4) is 0 Å². The lowest BCUT2D eigenvalue weighted by atomic mass is 10.0. The highest BCUT2D eigenvalue weighted by Gasteiger charge is 2.06. The smallest absolute Gasteiger partial charge is 0.0699 e. The summed E-state index contributed by atoms with van der Waals surface area (Å²) in [6.07, 6.45) is 4.70. The molecule has 0 saturated carbocycles. The molecule has 0 saturated heterocycles. The molecular weight excluding hydrogens is 170 g/mol. The third-order valence-corrected chi connectivity index (χ3v) is 2.51. The molecule has 14 heavy (non-hydrogen) atoms. The van der Waals surface area contributed by atoms with E-state index in [-0.39, 0.29) is 0 Å². The standard InChI is InChI=1S/C13H17N/c1-5-10(4)13-9-8-11(6-2)12(7-3)14-13/h6-10H,2-3,5H2,1,4H3. The Labute approximate surface area is 86.2 Å². The molecule has 1 aromatic rings. The molecule has 0 aliphatic rings. The van der Waals surface area contributed by atoms with Crippen molar-refractivity contribution < 1.29 is 0 Å². The van der Waals surface area contributed by atoms with Gasteiger partial charge in [-0.3, -0.25) is 4.98 Å². The van der Waals surface area contributed by atoms with Crippen LogP contribution >= 0.6 is 0 Å². The van der Waals surface area contributed by atoms with Crippen molar-refractivity contribution in [2.24, 2.45) is 0 Å². The monoisotopic (exact) mass is 187 g/mol. The van der Waals surface area contributed by atoms with Crippen LogP contribution in [0.15, 0.2) is 25.3 Å². The van der Waals surface area contributed by atoms with Gasteiger partial charge in [-0.15, -0.1) is 0 Å². The van der Waals surface area contributed by atoms with Crippen molar-refractivity contribution in [3.05, 3.63) is 42.2 Å². The lowest BCUT2D eigenvalue weighted by Gasteiger charge is -2.09. The van der Waals surface area contributed by atoms with E-state index in [0.717, 1.165) is 23.4 Å². The molecule has 0 spiro atoms. The molecular formula is C13H17N. The lowest BCUT2D eigenvalue weighted by Crippen LogP contribution is -1.98. The molecule has 1 nitrogen and oxygen atoms in total. The fraction of sp³-hybridized carbons (Fsp3) is 0.308. The number of hydrogen-bond donors (Lipinski definition) is 0. The Morgan fingerprint density at radius 1 is 1.36 bits per heavy atom. The molecule has 0 radical (unpaired) electrons. The fourth-order valence-electron chi connectivity index (χ4n) is 1.32. The van der Waals surface area contributed by atoms with E-state index in [1.165, 1.54) is 0 Å². The van der Waals surface area contributed by atoms with Crippen LogP contribution < -0.4 is 0 Å². The summed E-state index contributed by atoms with van der Waals surface area (Å²) < 4.78 is 0. The van der Waals surface area contributed by atoms with Crippen LogP contribution in [-0.2, 0) is 0 Å². The van der Waals surface area contributed by atoms with E-state index in [1.807, 2.05) is 6.08 Å². The zero-order valence-electron chi connectivity index (χ0n) is 8.96. The zero-order valence-corrected chi connectivity index (χ0v) is 8.96. The zero-order chi connectivity index (χ0) is 10.6. The Balaban J connectivity index is 3.13. The van der Waals surface area contributed by atoms with Crippen LogP contribution in [0, 0.1) is 0 Å². The molecule has 1 aromatic heterocycles. The van der Waals surface area contributed by atoms with E-state index < -0.39 is 0 Å². The van der Waals surface area contributed by atoms with Crippen LogP contribution in [0.5, 0.6) is 0 Å². The molecule has 0 aromatic carbocycles. The molecule has 1 rings (SSSR count). The minimum absolute atomic E-state index is 0.507. The molecule has 1 unspecified atom stereocenters. The van der Waals surface area contributed by atoms with E-state index in [1.54, 1.807) is 6.08 Å². The van der Waals surface area contributed by atoms with Gasteiger partial charge in [0.25, 0.3) is 0 Å². The highest BCUT2D eigenvalue weighted by atomic mass is 14.7. The molecule has 74 valence electrons. The summed E-state index contributed by atoms with van der Waals surface area (Å²) in [5, 5.41) is 0. The van der Waals surface area contributed by atoms with Crippen molar-refractivity contribution in [1.29, 1.82) is 0 Å². The summed E-state index contributed by atoms with van der Waals surface area (Å²) in [7, 11) is 0. The summed E-state index contributed by atoms with van der Waals surface area (Å²) in [5.74, 6) is 0.507. The first-order valence-corrected chi connectivity index (χ1v) is 4.98. The Kier molecular flexibility index (Phi) is 3.63. The van der Waals surface area contributed by atoms with Gasteiger partial charge in [0.15, 0.2) is 0 Å². The van der Waals surface area contributed by atoms with Crippen molar-refractivity contribution in [1.82, 2.24) is 4.98 Å². The van der Waals surface area contributed by atoms with E-state index in [9.17, 15) is 0 Å². The van der Waals surface area contributed by atoms with Crippen molar-refractivity contribution in [3.63, 3.8) is 0 Å². The van der Waals surface area contributed by atoms with Crippen molar-refractivity contribution >= 4 is 12.2 Å².